The molecule has 0 aromatic heterocycles. The molecule has 2 atom stereocenters. The number of benzene rings is 2. The maximum Gasteiger partial charge on any atom is 0.416 e. The van der Waals surface area contributed by atoms with E-state index in [1.165, 1.54) is 6.07 Å². The molecule has 0 spiro atoms. The molecule has 2 aromatic rings. The molecule has 0 radical (unpaired) electrons. The Kier molecular flexibility index (Phi) is 7.27. The molecule has 0 aliphatic carbocycles. The Morgan fingerprint density at radius 3 is 2.08 bits per heavy atom. The highest BCUT2D eigenvalue weighted by Gasteiger charge is 2.32. The molecule has 2 aromatic carbocycles. The Morgan fingerprint density at radius 1 is 0.958 bits per heavy atom. The van der Waals surface area contributed by atoms with Gasteiger partial charge in [0.1, 0.15) is 0 Å². The molecule has 2 unspecified atom stereocenters. The second-order valence-electron chi connectivity index (χ2n) is 5.84. The lowest BCUT2D eigenvalue weighted by molar-refractivity contribution is -0.137. The summed E-state index contributed by atoms with van der Waals surface area (Å²) >= 11 is 0. The van der Waals surface area contributed by atoms with Crippen molar-refractivity contribution in [2.75, 3.05) is 20.6 Å². The van der Waals surface area contributed by atoms with E-state index in [0.717, 1.165) is 17.7 Å². The van der Waals surface area contributed by atoms with E-state index in [1.54, 1.807) is 6.07 Å². The zero-order valence-electron chi connectivity index (χ0n) is 13.5. The SMILES string of the molecule is CN(C)CC(O)C(c1ccccc1)c1cccc(C(F)(F)F)c1.Cl. The van der Waals surface area contributed by atoms with Crippen molar-refractivity contribution in [1.82, 2.24) is 4.90 Å². The number of rotatable bonds is 5. The minimum absolute atomic E-state index is 0. The summed E-state index contributed by atoms with van der Waals surface area (Å²) in [6.45, 7) is 0.357. The topological polar surface area (TPSA) is 23.5 Å². The molecular formula is C18H21ClF3NO. The van der Waals surface area contributed by atoms with E-state index in [0.29, 0.717) is 12.1 Å². The Hall–Kier alpha value is -1.56. The minimum atomic E-state index is -4.40. The van der Waals surface area contributed by atoms with Crippen molar-refractivity contribution in [2.24, 2.45) is 0 Å². The number of aliphatic hydroxyl groups is 1. The second kappa shape index (κ2) is 8.51. The summed E-state index contributed by atoms with van der Waals surface area (Å²) in [6, 6.07) is 14.3. The van der Waals surface area contributed by atoms with Gasteiger partial charge in [-0.05, 0) is 31.3 Å². The highest BCUT2D eigenvalue weighted by atomic mass is 35.5. The molecule has 24 heavy (non-hydrogen) atoms. The molecule has 0 fully saturated rings. The van der Waals surface area contributed by atoms with Crippen molar-refractivity contribution in [3.63, 3.8) is 0 Å². The van der Waals surface area contributed by atoms with Gasteiger partial charge in [-0.1, -0.05) is 48.5 Å². The predicted octanol–water partition coefficient (Wildman–Crippen LogP) is 4.18. The molecule has 0 saturated heterocycles. The quantitative estimate of drug-likeness (QED) is 0.865. The molecule has 2 rings (SSSR count). The fraction of sp³-hybridized carbons (Fsp3) is 0.333. The maximum absolute atomic E-state index is 13.0. The van der Waals surface area contributed by atoms with Crippen molar-refractivity contribution < 1.29 is 18.3 Å². The Bertz CT molecular complexity index is 632. The summed E-state index contributed by atoms with van der Waals surface area (Å²) in [6.07, 6.45) is -5.21. The highest BCUT2D eigenvalue weighted by molar-refractivity contribution is 5.85. The number of likely N-dealkylation sites (N-methyl/N-ethyl adjacent to an activating group) is 1. The van der Waals surface area contributed by atoms with Gasteiger partial charge in [-0.3, -0.25) is 0 Å². The highest BCUT2D eigenvalue weighted by Crippen LogP contribution is 2.34. The molecule has 0 aliphatic rings. The van der Waals surface area contributed by atoms with E-state index < -0.39 is 23.8 Å². The summed E-state index contributed by atoms with van der Waals surface area (Å²) in [5.74, 6) is -0.513. The third-order valence-corrected chi connectivity index (χ3v) is 3.67. The molecule has 0 bridgehead atoms. The first kappa shape index (κ1) is 20.5. The fourth-order valence-electron chi connectivity index (χ4n) is 2.69. The van der Waals surface area contributed by atoms with E-state index in [2.05, 4.69) is 0 Å². The van der Waals surface area contributed by atoms with E-state index in [1.807, 2.05) is 49.3 Å². The Labute approximate surface area is 146 Å². The zero-order chi connectivity index (χ0) is 17.0. The molecule has 2 nitrogen and oxygen atoms in total. The molecule has 0 saturated carbocycles. The van der Waals surface area contributed by atoms with E-state index in [9.17, 15) is 18.3 Å². The lowest BCUT2D eigenvalue weighted by atomic mass is 9.85. The van der Waals surface area contributed by atoms with Gasteiger partial charge in [-0.2, -0.15) is 13.2 Å². The smallest absolute Gasteiger partial charge is 0.391 e. The summed E-state index contributed by atoms with van der Waals surface area (Å²) < 4.78 is 38.9. The summed E-state index contributed by atoms with van der Waals surface area (Å²) in [5, 5.41) is 10.6. The van der Waals surface area contributed by atoms with Gasteiger partial charge in [-0.25, -0.2) is 0 Å². The van der Waals surface area contributed by atoms with Crippen molar-refractivity contribution >= 4 is 12.4 Å². The average Bonchev–Trinajstić information content (AvgIpc) is 2.47. The first-order valence-corrected chi connectivity index (χ1v) is 7.34. The number of halogens is 4. The number of alkyl halides is 3. The molecule has 0 amide bonds. The monoisotopic (exact) mass is 359 g/mol. The molecule has 132 valence electrons. The van der Waals surface area contributed by atoms with Crippen LogP contribution in [0.3, 0.4) is 0 Å². The largest absolute Gasteiger partial charge is 0.416 e. The zero-order valence-corrected chi connectivity index (χ0v) is 14.3. The van der Waals surface area contributed by atoms with E-state index in [-0.39, 0.29) is 12.4 Å². The number of hydrogen-bond acceptors (Lipinski definition) is 2. The average molecular weight is 360 g/mol. The van der Waals surface area contributed by atoms with Gasteiger partial charge in [0.15, 0.2) is 0 Å². The number of hydrogen-bond donors (Lipinski definition) is 1. The van der Waals surface area contributed by atoms with Crippen LogP contribution in [-0.2, 0) is 6.18 Å². The van der Waals surface area contributed by atoms with Crippen molar-refractivity contribution in [2.45, 2.75) is 18.2 Å². The molecule has 6 heteroatoms. The van der Waals surface area contributed by atoms with Crippen molar-refractivity contribution in [3.8, 4) is 0 Å². The standard InChI is InChI=1S/C18H20F3NO.ClH/c1-22(2)12-16(23)17(13-7-4-3-5-8-13)14-9-6-10-15(11-14)18(19,20)21;/h3-11,16-17,23H,12H2,1-2H3;1H. The van der Waals surface area contributed by atoms with Gasteiger partial charge in [0, 0.05) is 12.5 Å². The van der Waals surface area contributed by atoms with Crippen molar-refractivity contribution in [1.29, 1.82) is 0 Å². The number of aliphatic hydroxyl groups excluding tert-OH is 1. The Balaban J connectivity index is 0.00000288. The summed E-state index contributed by atoms with van der Waals surface area (Å²) in [4.78, 5) is 1.81. The normalized spacial score (nSPS) is 14.1. The molecular weight excluding hydrogens is 339 g/mol. The molecule has 0 heterocycles. The first-order chi connectivity index (χ1) is 10.8. The first-order valence-electron chi connectivity index (χ1n) is 7.34. The summed E-state index contributed by atoms with van der Waals surface area (Å²) in [7, 11) is 3.63. The van der Waals surface area contributed by atoms with Crippen LogP contribution in [0.2, 0.25) is 0 Å². The maximum atomic E-state index is 13.0. The lowest BCUT2D eigenvalue weighted by Gasteiger charge is -2.27. The molecule has 0 aliphatic heterocycles. The van der Waals surface area contributed by atoms with Crippen LogP contribution in [0.25, 0.3) is 0 Å². The Morgan fingerprint density at radius 2 is 1.54 bits per heavy atom. The number of nitrogens with zero attached hydrogens (tertiary/aromatic N) is 1. The van der Waals surface area contributed by atoms with Gasteiger partial charge in [0.25, 0.3) is 0 Å². The fourth-order valence-corrected chi connectivity index (χ4v) is 2.69. The van der Waals surface area contributed by atoms with E-state index >= 15 is 0 Å². The minimum Gasteiger partial charge on any atom is -0.391 e. The van der Waals surface area contributed by atoms with Crippen LogP contribution in [0.5, 0.6) is 0 Å². The van der Waals surface area contributed by atoms with Crippen LogP contribution < -0.4 is 0 Å². The van der Waals surface area contributed by atoms with Gasteiger partial charge in [0.2, 0.25) is 0 Å². The third kappa shape index (κ3) is 5.23. The van der Waals surface area contributed by atoms with Gasteiger partial charge in [-0.15, -0.1) is 12.4 Å². The van der Waals surface area contributed by atoms with Gasteiger partial charge < -0.3 is 10.0 Å². The van der Waals surface area contributed by atoms with Crippen molar-refractivity contribution in [3.05, 3.63) is 71.3 Å². The van der Waals surface area contributed by atoms with E-state index in [4.69, 9.17) is 0 Å². The van der Waals surface area contributed by atoms with Crippen LogP contribution in [0, 0.1) is 0 Å². The van der Waals surface area contributed by atoms with Crippen LogP contribution in [-0.4, -0.2) is 36.8 Å². The van der Waals surface area contributed by atoms with Gasteiger partial charge >= 0.3 is 6.18 Å². The van der Waals surface area contributed by atoms with Crippen LogP contribution >= 0.6 is 12.4 Å². The second-order valence-corrected chi connectivity index (χ2v) is 5.84. The summed E-state index contributed by atoms with van der Waals surface area (Å²) in [5.41, 5.74) is 0.550. The van der Waals surface area contributed by atoms with Crippen LogP contribution in [0.1, 0.15) is 22.6 Å². The van der Waals surface area contributed by atoms with Crippen LogP contribution in [0.15, 0.2) is 54.6 Å². The molecule has 1 N–H and O–H groups in total. The third-order valence-electron chi connectivity index (χ3n) is 3.67. The van der Waals surface area contributed by atoms with Crippen LogP contribution in [0.4, 0.5) is 13.2 Å². The van der Waals surface area contributed by atoms with Gasteiger partial charge in [0.05, 0.1) is 11.7 Å². The predicted molar refractivity (Wildman–Crippen MR) is 91.5 cm³/mol. The lowest BCUT2D eigenvalue weighted by Crippen LogP contribution is -2.31.